The molecule has 0 bridgehead atoms. The predicted molar refractivity (Wildman–Crippen MR) is 141 cm³/mol. The van der Waals surface area contributed by atoms with Gasteiger partial charge in [-0.3, -0.25) is 0 Å². The smallest absolute Gasteiger partial charge is 0.123 e. The van der Waals surface area contributed by atoms with Crippen molar-refractivity contribution in [3.05, 3.63) is 118 Å². The van der Waals surface area contributed by atoms with Gasteiger partial charge in [-0.05, 0) is 62.8 Å². The van der Waals surface area contributed by atoms with Crippen molar-refractivity contribution < 1.29 is 14.6 Å². The minimum absolute atomic E-state index is 0.0709. The molecule has 2 heterocycles. The van der Waals surface area contributed by atoms with Crippen LogP contribution in [0.1, 0.15) is 16.7 Å². The summed E-state index contributed by atoms with van der Waals surface area (Å²) in [7, 11) is 0. The maximum absolute atomic E-state index is 9.69. The highest BCUT2D eigenvalue weighted by molar-refractivity contribution is 7.13. The molecule has 34 heavy (non-hydrogen) atoms. The summed E-state index contributed by atoms with van der Waals surface area (Å²) >= 11 is 3.46. The highest BCUT2D eigenvalue weighted by atomic mass is 32.1. The van der Waals surface area contributed by atoms with E-state index < -0.39 is 0 Å². The topological polar surface area (TPSA) is 38.7 Å². The second kappa shape index (κ2) is 10.7. The third kappa shape index (κ3) is 5.57. The molecule has 2 aromatic heterocycles. The lowest BCUT2D eigenvalue weighted by atomic mass is 10.1. The highest BCUT2D eigenvalue weighted by Crippen LogP contribution is 2.28. The summed E-state index contributed by atoms with van der Waals surface area (Å²) in [4.78, 5) is 2.51. The Morgan fingerprint density at radius 3 is 1.41 bits per heavy atom. The minimum Gasteiger partial charge on any atom is -0.489 e. The van der Waals surface area contributed by atoms with E-state index in [4.69, 9.17) is 9.47 Å². The van der Waals surface area contributed by atoms with Gasteiger partial charge in [-0.15, -0.1) is 22.7 Å². The van der Waals surface area contributed by atoms with E-state index in [2.05, 4.69) is 83.6 Å². The molecule has 5 rings (SSSR count). The normalized spacial score (nSPS) is 10.9. The molecule has 3 nitrogen and oxygen atoms in total. The van der Waals surface area contributed by atoms with Crippen LogP contribution >= 0.6 is 22.7 Å². The van der Waals surface area contributed by atoms with Crippen molar-refractivity contribution in [1.29, 1.82) is 0 Å². The van der Waals surface area contributed by atoms with Crippen LogP contribution in [0, 0.1) is 0 Å². The van der Waals surface area contributed by atoms with Gasteiger partial charge < -0.3 is 14.6 Å². The molecule has 5 heteroatoms. The average Bonchev–Trinajstić information content (AvgIpc) is 3.62. The van der Waals surface area contributed by atoms with Crippen LogP contribution in [0.25, 0.3) is 20.9 Å². The van der Waals surface area contributed by atoms with Crippen LogP contribution in [0.15, 0.2) is 102 Å². The van der Waals surface area contributed by atoms with E-state index in [0.717, 1.165) is 16.7 Å². The molecule has 0 saturated heterocycles. The lowest BCUT2D eigenvalue weighted by molar-refractivity contribution is 0.271. The van der Waals surface area contributed by atoms with Crippen molar-refractivity contribution in [2.24, 2.45) is 0 Å². The highest BCUT2D eigenvalue weighted by Gasteiger charge is 2.06. The summed E-state index contributed by atoms with van der Waals surface area (Å²) in [6.07, 6.45) is 0. The van der Waals surface area contributed by atoms with E-state index in [-0.39, 0.29) is 6.61 Å². The number of rotatable bonds is 9. The average molecular weight is 485 g/mol. The molecule has 0 unspecified atom stereocenters. The number of hydrogen-bond acceptors (Lipinski definition) is 5. The van der Waals surface area contributed by atoms with Crippen LogP contribution in [0.3, 0.4) is 0 Å². The quantitative estimate of drug-likeness (QED) is 0.232. The van der Waals surface area contributed by atoms with Gasteiger partial charge in [-0.2, -0.15) is 0 Å². The number of ether oxygens (including phenoxy) is 2. The number of hydrogen-bond donors (Lipinski definition) is 1. The van der Waals surface area contributed by atoms with Crippen LogP contribution in [0.4, 0.5) is 0 Å². The molecular formula is C29H24O3S2. The van der Waals surface area contributed by atoms with Gasteiger partial charge in [0.1, 0.15) is 24.7 Å². The van der Waals surface area contributed by atoms with Crippen LogP contribution < -0.4 is 9.47 Å². The van der Waals surface area contributed by atoms with Gasteiger partial charge in [0.15, 0.2) is 0 Å². The summed E-state index contributed by atoms with van der Waals surface area (Å²) < 4.78 is 12.1. The summed E-state index contributed by atoms with van der Waals surface area (Å²) in [5.74, 6) is 1.36. The van der Waals surface area contributed by atoms with Crippen molar-refractivity contribution in [3.8, 4) is 32.4 Å². The first-order valence-corrected chi connectivity index (χ1v) is 12.8. The molecular weight excluding hydrogens is 460 g/mol. The number of benzene rings is 3. The maximum atomic E-state index is 9.69. The Morgan fingerprint density at radius 1 is 0.559 bits per heavy atom. The SMILES string of the molecule is OCc1cc(OCc2ccc(-c3cccs3)cc2)cc(OCc2ccc(-c3cccs3)cc2)c1. The molecule has 0 radical (unpaired) electrons. The predicted octanol–water partition coefficient (Wildman–Crippen LogP) is 7.79. The Morgan fingerprint density at radius 2 is 1.03 bits per heavy atom. The first kappa shape index (κ1) is 22.4. The fourth-order valence-corrected chi connectivity index (χ4v) is 5.10. The third-order valence-corrected chi connectivity index (χ3v) is 7.29. The van der Waals surface area contributed by atoms with Gasteiger partial charge in [0, 0.05) is 15.8 Å². The fraction of sp³-hybridized carbons (Fsp3) is 0.103. The Labute approximate surface area is 207 Å². The minimum atomic E-state index is -0.0709. The van der Waals surface area contributed by atoms with E-state index in [0.29, 0.717) is 24.7 Å². The van der Waals surface area contributed by atoms with Gasteiger partial charge in [0.05, 0.1) is 6.61 Å². The molecule has 1 N–H and O–H groups in total. The molecule has 0 fully saturated rings. The van der Waals surface area contributed by atoms with Crippen molar-refractivity contribution >= 4 is 22.7 Å². The van der Waals surface area contributed by atoms with Gasteiger partial charge in [0.2, 0.25) is 0 Å². The number of aliphatic hydroxyl groups excluding tert-OH is 1. The zero-order valence-electron chi connectivity index (χ0n) is 18.5. The Bertz CT molecular complexity index is 1210. The van der Waals surface area contributed by atoms with Gasteiger partial charge >= 0.3 is 0 Å². The summed E-state index contributed by atoms with van der Waals surface area (Å²) in [6.45, 7) is 0.824. The van der Waals surface area contributed by atoms with Crippen LogP contribution in [0.5, 0.6) is 11.5 Å². The first-order valence-electron chi connectivity index (χ1n) is 11.0. The largest absolute Gasteiger partial charge is 0.489 e. The van der Waals surface area contributed by atoms with Gasteiger partial charge in [-0.25, -0.2) is 0 Å². The van der Waals surface area contributed by atoms with Crippen molar-refractivity contribution in [2.45, 2.75) is 19.8 Å². The van der Waals surface area contributed by atoms with Crippen LogP contribution in [0.2, 0.25) is 0 Å². The molecule has 5 aromatic rings. The van der Waals surface area contributed by atoms with E-state index in [1.54, 1.807) is 22.7 Å². The Balaban J connectivity index is 1.21. The molecule has 0 aliphatic carbocycles. The van der Waals surface area contributed by atoms with Crippen LogP contribution in [-0.4, -0.2) is 5.11 Å². The van der Waals surface area contributed by atoms with Gasteiger partial charge in [0.25, 0.3) is 0 Å². The molecule has 0 aliphatic rings. The second-order valence-electron chi connectivity index (χ2n) is 7.90. The van der Waals surface area contributed by atoms with E-state index in [1.807, 2.05) is 18.2 Å². The molecule has 0 atom stereocenters. The molecule has 170 valence electrons. The monoisotopic (exact) mass is 484 g/mol. The molecule has 3 aromatic carbocycles. The van der Waals surface area contributed by atoms with Crippen LogP contribution in [-0.2, 0) is 19.8 Å². The second-order valence-corrected chi connectivity index (χ2v) is 9.79. The lowest BCUT2D eigenvalue weighted by Gasteiger charge is -2.12. The lowest BCUT2D eigenvalue weighted by Crippen LogP contribution is -1.99. The van der Waals surface area contributed by atoms with Gasteiger partial charge in [-0.1, -0.05) is 60.7 Å². The molecule has 0 amide bonds. The first-order chi connectivity index (χ1) is 16.8. The summed E-state index contributed by atoms with van der Waals surface area (Å²) in [5.41, 5.74) is 5.35. The van der Waals surface area contributed by atoms with Crippen molar-refractivity contribution in [3.63, 3.8) is 0 Å². The molecule has 0 spiro atoms. The van der Waals surface area contributed by atoms with E-state index in [1.165, 1.54) is 20.9 Å². The third-order valence-electron chi connectivity index (χ3n) is 5.45. The summed E-state index contributed by atoms with van der Waals surface area (Å²) in [5, 5.41) is 13.9. The van der Waals surface area contributed by atoms with Crippen molar-refractivity contribution in [2.75, 3.05) is 0 Å². The number of thiophene rings is 2. The standard InChI is InChI=1S/C29H24O3S2/c30-18-23-15-26(31-19-21-5-9-24(10-6-21)28-3-1-13-33-28)17-27(16-23)32-20-22-7-11-25(12-8-22)29-4-2-14-34-29/h1-17,30H,18-20H2. The van der Waals surface area contributed by atoms with E-state index >= 15 is 0 Å². The van der Waals surface area contributed by atoms with Crippen molar-refractivity contribution in [1.82, 2.24) is 0 Å². The zero-order chi connectivity index (χ0) is 23.2. The van der Waals surface area contributed by atoms with E-state index in [9.17, 15) is 5.11 Å². The Hall–Kier alpha value is -3.38. The molecule has 0 aliphatic heterocycles. The zero-order valence-corrected chi connectivity index (χ0v) is 20.1. The summed E-state index contributed by atoms with van der Waals surface area (Å²) in [6, 6.07) is 30.8. The fourth-order valence-electron chi connectivity index (χ4n) is 3.64. The molecule has 0 saturated carbocycles. The Kier molecular flexibility index (Phi) is 7.05. The maximum Gasteiger partial charge on any atom is 0.123 e. The number of aliphatic hydroxyl groups is 1.